The molecule has 5 aromatic rings. The topological polar surface area (TPSA) is 74.3 Å². The number of benzene rings is 1. The van der Waals surface area contributed by atoms with Gasteiger partial charge in [-0.2, -0.15) is 0 Å². The first-order valence-corrected chi connectivity index (χ1v) is 8.13. The lowest BCUT2D eigenvalue weighted by molar-refractivity contribution is 0.719. The number of pyridine rings is 2. The molecule has 0 N–H and O–H groups in total. The van der Waals surface area contributed by atoms with E-state index in [0.29, 0.717) is 11.5 Å². The van der Waals surface area contributed by atoms with E-state index in [2.05, 4.69) is 25.4 Å². The van der Waals surface area contributed by atoms with E-state index in [-0.39, 0.29) is 0 Å². The van der Waals surface area contributed by atoms with Crippen molar-refractivity contribution < 1.29 is 0 Å². The van der Waals surface area contributed by atoms with E-state index < -0.39 is 0 Å². The van der Waals surface area contributed by atoms with E-state index in [4.69, 9.17) is 0 Å². The Kier molecular flexibility index (Phi) is 3.28. The molecule has 0 unspecified atom stereocenters. The molecule has 4 heterocycles. The van der Waals surface area contributed by atoms with Crippen LogP contribution in [0.2, 0.25) is 0 Å². The SMILES string of the molecule is c1ccc(-c2nnn(-c3cccc(-n4ccc5cccnc54)c3)n2)nc1. The standard InChI is InChI=1S/C19H13N7/c1-2-10-20-17(8-1)18-22-24-26(23-18)16-7-3-6-15(13-16)25-12-9-14-5-4-11-21-19(14)25/h1-13H. The van der Waals surface area contributed by atoms with E-state index in [1.165, 1.54) is 4.80 Å². The predicted molar refractivity (Wildman–Crippen MR) is 97.0 cm³/mol. The van der Waals surface area contributed by atoms with E-state index in [1.54, 1.807) is 12.4 Å². The number of rotatable bonds is 3. The van der Waals surface area contributed by atoms with Gasteiger partial charge in [0.1, 0.15) is 11.3 Å². The van der Waals surface area contributed by atoms with Gasteiger partial charge in [-0.05, 0) is 53.7 Å². The average molecular weight is 339 g/mol. The summed E-state index contributed by atoms with van der Waals surface area (Å²) in [6.07, 6.45) is 5.51. The Morgan fingerprint density at radius 3 is 2.62 bits per heavy atom. The molecule has 0 radical (unpaired) electrons. The van der Waals surface area contributed by atoms with E-state index >= 15 is 0 Å². The summed E-state index contributed by atoms with van der Waals surface area (Å²) in [4.78, 5) is 10.2. The molecule has 4 aromatic heterocycles. The van der Waals surface area contributed by atoms with Gasteiger partial charge in [0, 0.05) is 29.7 Å². The van der Waals surface area contributed by atoms with Crippen LogP contribution in [0.1, 0.15) is 0 Å². The molecule has 7 heteroatoms. The lowest BCUT2D eigenvalue weighted by atomic mass is 10.3. The van der Waals surface area contributed by atoms with Gasteiger partial charge in [-0.25, -0.2) is 4.98 Å². The van der Waals surface area contributed by atoms with Gasteiger partial charge in [-0.3, -0.25) is 4.98 Å². The number of hydrogen-bond donors (Lipinski definition) is 0. The predicted octanol–water partition coefficient (Wildman–Crippen LogP) is 3.06. The van der Waals surface area contributed by atoms with Gasteiger partial charge in [0.05, 0.1) is 5.69 Å². The highest BCUT2D eigenvalue weighted by molar-refractivity contribution is 5.78. The van der Waals surface area contributed by atoms with Gasteiger partial charge in [0.2, 0.25) is 5.82 Å². The van der Waals surface area contributed by atoms with Crippen molar-refractivity contribution in [2.24, 2.45) is 0 Å². The molecule has 0 spiro atoms. The molecule has 0 aliphatic heterocycles. The Morgan fingerprint density at radius 1 is 0.769 bits per heavy atom. The summed E-state index contributed by atoms with van der Waals surface area (Å²) in [6.45, 7) is 0. The molecule has 7 nitrogen and oxygen atoms in total. The van der Waals surface area contributed by atoms with Crippen molar-refractivity contribution in [2.75, 3.05) is 0 Å². The van der Waals surface area contributed by atoms with Crippen molar-refractivity contribution in [1.29, 1.82) is 0 Å². The number of tetrazole rings is 1. The first-order valence-electron chi connectivity index (χ1n) is 8.13. The summed E-state index contributed by atoms with van der Waals surface area (Å²) in [5.74, 6) is 0.490. The minimum absolute atomic E-state index is 0.490. The van der Waals surface area contributed by atoms with Crippen LogP contribution in [0.3, 0.4) is 0 Å². The smallest absolute Gasteiger partial charge is 0.223 e. The van der Waals surface area contributed by atoms with Crippen LogP contribution in [0.15, 0.2) is 79.3 Å². The van der Waals surface area contributed by atoms with Gasteiger partial charge >= 0.3 is 0 Å². The molecule has 0 saturated heterocycles. The van der Waals surface area contributed by atoms with E-state index in [1.807, 2.05) is 71.4 Å². The summed E-state index contributed by atoms with van der Waals surface area (Å²) < 4.78 is 2.04. The van der Waals surface area contributed by atoms with Crippen LogP contribution in [-0.2, 0) is 0 Å². The second-order valence-electron chi connectivity index (χ2n) is 5.74. The molecule has 124 valence electrons. The van der Waals surface area contributed by atoms with Gasteiger partial charge < -0.3 is 4.57 Å². The molecule has 0 amide bonds. The molecular formula is C19H13N7. The number of aromatic nitrogens is 7. The highest BCUT2D eigenvalue weighted by atomic mass is 15.6. The summed E-state index contributed by atoms with van der Waals surface area (Å²) in [6, 6.07) is 19.5. The molecule has 0 fully saturated rings. The third kappa shape index (κ3) is 2.42. The van der Waals surface area contributed by atoms with Gasteiger partial charge in [0.25, 0.3) is 0 Å². The van der Waals surface area contributed by atoms with E-state index in [0.717, 1.165) is 22.4 Å². The molecule has 0 saturated carbocycles. The Balaban J connectivity index is 1.56. The van der Waals surface area contributed by atoms with Crippen molar-refractivity contribution >= 4 is 11.0 Å². The summed E-state index contributed by atoms with van der Waals surface area (Å²) in [7, 11) is 0. The van der Waals surface area contributed by atoms with E-state index in [9.17, 15) is 0 Å². The van der Waals surface area contributed by atoms with Crippen LogP contribution in [-0.4, -0.2) is 34.7 Å². The zero-order valence-corrected chi connectivity index (χ0v) is 13.6. The molecule has 1 aromatic carbocycles. The lowest BCUT2D eigenvalue weighted by Crippen LogP contribution is -2.01. The van der Waals surface area contributed by atoms with Crippen molar-refractivity contribution in [3.63, 3.8) is 0 Å². The fourth-order valence-electron chi connectivity index (χ4n) is 2.86. The van der Waals surface area contributed by atoms with Crippen LogP contribution < -0.4 is 0 Å². The fraction of sp³-hybridized carbons (Fsp3) is 0. The summed E-state index contributed by atoms with van der Waals surface area (Å²) in [5, 5.41) is 13.8. The number of fused-ring (bicyclic) bond motifs is 1. The molecule has 26 heavy (non-hydrogen) atoms. The lowest BCUT2D eigenvalue weighted by Gasteiger charge is -2.06. The quantitative estimate of drug-likeness (QED) is 0.505. The Bertz CT molecular complexity index is 1190. The second kappa shape index (κ2) is 5.89. The van der Waals surface area contributed by atoms with Gasteiger partial charge in [-0.1, -0.05) is 12.1 Å². The van der Waals surface area contributed by atoms with Gasteiger partial charge in [0.15, 0.2) is 0 Å². The van der Waals surface area contributed by atoms with Crippen molar-refractivity contribution in [3.8, 4) is 22.9 Å². The monoisotopic (exact) mass is 339 g/mol. The molecule has 0 atom stereocenters. The fourth-order valence-corrected chi connectivity index (χ4v) is 2.86. The second-order valence-corrected chi connectivity index (χ2v) is 5.74. The summed E-state index contributed by atoms with van der Waals surface area (Å²) in [5.41, 5.74) is 3.39. The zero-order valence-electron chi connectivity index (χ0n) is 13.6. The average Bonchev–Trinajstić information content (AvgIpc) is 3.36. The largest absolute Gasteiger partial charge is 0.301 e. The minimum Gasteiger partial charge on any atom is -0.301 e. The van der Waals surface area contributed by atoms with Crippen LogP contribution in [0.4, 0.5) is 0 Å². The van der Waals surface area contributed by atoms with Crippen molar-refractivity contribution in [1.82, 2.24) is 34.7 Å². The number of nitrogens with zero attached hydrogens (tertiary/aromatic N) is 7. The first-order chi connectivity index (χ1) is 12.9. The van der Waals surface area contributed by atoms with Crippen molar-refractivity contribution in [2.45, 2.75) is 0 Å². The maximum atomic E-state index is 4.47. The maximum absolute atomic E-state index is 4.47. The van der Waals surface area contributed by atoms with Crippen LogP contribution in [0.5, 0.6) is 0 Å². The Labute approximate surface area is 148 Å². The maximum Gasteiger partial charge on any atom is 0.223 e. The molecule has 0 aliphatic carbocycles. The first kappa shape index (κ1) is 14.5. The number of hydrogen-bond acceptors (Lipinski definition) is 5. The third-order valence-corrected chi connectivity index (χ3v) is 4.09. The minimum atomic E-state index is 0.490. The molecule has 0 aliphatic rings. The van der Waals surface area contributed by atoms with Crippen LogP contribution in [0.25, 0.3) is 33.9 Å². The van der Waals surface area contributed by atoms with Gasteiger partial charge in [-0.15, -0.1) is 15.0 Å². The Morgan fingerprint density at radius 2 is 1.69 bits per heavy atom. The normalized spacial score (nSPS) is 11.1. The zero-order chi connectivity index (χ0) is 17.3. The van der Waals surface area contributed by atoms with Crippen molar-refractivity contribution in [3.05, 3.63) is 79.3 Å². The third-order valence-electron chi connectivity index (χ3n) is 4.09. The Hall–Kier alpha value is -3.87. The molecule has 0 bridgehead atoms. The summed E-state index contributed by atoms with van der Waals surface area (Å²) >= 11 is 0. The molecule has 5 rings (SSSR count). The molecular weight excluding hydrogens is 326 g/mol. The highest BCUT2D eigenvalue weighted by Crippen LogP contribution is 2.20. The van der Waals surface area contributed by atoms with Crippen LogP contribution >= 0.6 is 0 Å². The highest BCUT2D eigenvalue weighted by Gasteiger charge is 2.10. The van der Waals surface area contributed by atoms with Crippen LogP contribution in [0, 0.1) is 0 Å².